The molecule has 0 aromatic heterocycles. The summed E-state index contributed by atoms with van der Waals surface area (Å²) in [7, 11) is 0. The Morgan fingerprint density at radius 1 is 1.62 bits per heavy atom. The Labute approximate surface area is 94.6 Å². The lowest BCUT2D eigenvalue weighted by Gasteiger charge is -2.08. The van der Waals surface area contributed by atoms with Gasteiger partial charge in [0, 0.05) is 12.2 Å². The van der Waals surface area contributed by atoms with Gasteiger partial charge in [-0.1, -0.05) is 12.1 Å². The number of hydrogen-bond donors (Lipinski definition) is 2. The fraction of sp³-hybridized carbons (Fsp3) is 0.167. The fourth-order valence-electron chi connectivity index (χ4n) is 1.16. The van der Waals surface area contributed by atoms with Crippen LogP contribution in [0.2, 0.25) is 0 Å². The van der Waals surface area contributed by atoms with Crippen LogP contribution in [0.4, 0.5) is 10.5 Å². The van der Waals surface area contributed by atoms with Crippen LogP contribution in [0.3, 0.4) is 0 Å². The molecule has 2 N–H and O–H groups in total. The third-order valence-electron chi connectivity index (χ3n) is 2.02. The van der Waals surface area contributed by atoms with Crippen molar-refractivity contribution in [2.45, 2.75) is 6.92 Å². The molecule has 0 radical (unpaired) electrons. The fourth-order valence-corrected chi connectivity index (χ4v) is 1.16. The Morgan fingerprint density at radius 2 is 2.38 bits per heavy atom. The Bertz CT molecular complexity index is 446. The van der Waals surface area contributed by atoms with E-state index in [2.05, 4.69) is 17.2 Å². The van der Waals surface area contributed by atoms with E-state index in [-0.39, 0.29) is 6.03 Å². The van der Waals surface area contributed by atoms with Crippen molar-refractivity contribution in [1.29, 1.82) is 5.26 Å². The van der Waals surface area contributed by atoms with E-state index >= 15 is 0 Å². The van der Waals surface area contributed by atoms with Crippen molar-refractivity contribution in [1.82, 2.24) is 5.32 Å². The predicted octanol–water partition coefficient (Wildman–Crippen LogP) is 2.17. The predicted molar refractivity (Wildman–Crippen MR) is 63.1 cm³/mol. The molecule has 4 nitrogen and oxygen atoms in total. The SMILES string of the molecule is C=CCNC(=O)Nc1cc(C#N)ccc1C. The van der Waals surface area contributed by atoms with Gasteiger partial charge in [0.25, 0.3) is 0 Å². The lowest BCUT2D eigenvalue weighted by atomic mass is 10.1. The number of urea groups is 1. The molecule has 0 aliphatic carbocycles. The molecule has 1 aromatic carbocycles. The van der Waals surface area contributed by atoms with Gasteiger partial charge in [-0.05, 0) is 24.6 Å². The van der Waals surface area contributed by atoms with Crippen molar-refractivity contribution < 1.29 is 4.79 Å². The Morgan fingerprint density at radius 3 is 3.00 bits per heavy atom. The summed E-state index contributed by atoms with van der Waals surface area (Å²) in [6.07, 6.45) is 1.60. The second kappa shape index (κ2) is 5.56. The molecular formula is C12H13N3O. The standard InChI is InChI=1S/C12H13N3O/c1-3-6-14-12(16)15-11-7-10(8-13)5-4-9(11)2/h3-5,7H,1,6H2,2H3,(H2,14,15,16). The van der Waals surface area contributed by atoms with E-state index in [4.69, 9.17) is 5.26 Å². The van der Waals surface area contributed by atoms with Gasteiger partial charge in [-0.2, -0.15) is 5.26 Å². The van der Waals surface area contributed by atoms with Crippen LogP contribution in [0.25, 0.3) is 0 Å². The summed E-state index contributed by atoms with van der Waals surface area (Å²) in [5.41, 5.74) is 2.07. The summed E-state index contributed by atoms with van der Waals surface area (Å²) in [6.45, 7) is 5.77. The molecule has 0 saturated carbocycles. The maximum Gasteiger partial charge on any atom is 0.319 e. The van der Waals surface area contributed by atoms with Gasteiger partial charge in [0.2, 0.25) is 0 Å². The topological polar surface area (TPSA) is 64.9 Å². The highest BCUT2D eigenvalue weighted by Gasteiger charge is 2.04. The molecule has 0 aliphatic heterocycles. The number of benzene rings is 1. The van der Waals surface area contributed by atoms with E-state index in [0.717, 1.165) is 5.56 Å². The van der Waals surface area contributed by atoms with E-state index in [1.807, 2.05) is 13.0 Å². The quantitative estimate of drug-likeness (QED) is 0.759. The smallest absolute Gasteiger partial charge is 0.319 e. The van der Waals surface area contributed by atoms with Gasteiger partial charge >= 0.3 is 6.03 Å². The maximum absolute atomic E-state index is 11.4. The Hall–Kier alpha value is -2.28. The number of nitrogens with zero attached hydrogens (tertiary/aromatic N) is 1. The number of nitrogens with one attached hydrogen (secondary N) is 2. The number of hydrogen-bond acceptors (Lipinski definition) is 2. The number of anilines is 1. The van der Waals surface area contributed by atoms with Gasteiger partial charge in [0.05, 0.1) is 11.6 Å². The van der Waals surface area contributed by atoms with Crippen molar-refractivity contribution in [2.75, 3.05) is 11.9 Å². The van der Waals surface area contributed by atoms with Crippen molar-refractivity contribution in [3.05, 3.63) is 42.0 Å². The monoisotopic (exact) mass is 215 g/mol. The normalized spacial score (nSPS) is 9.00. The minimum absolute atomic E-state index is 0.307. The first-order valence-corrected chi connectivity index (χ1v) is 4.84. The number of amides is 2. The van der Waals surface area contributed by atoms with Crippen molar-refractivity contribution in [3.8, 4) is 6.07 Å². The van der Waals surface area contributed by atoms with Crippen LogP contribution in [-0.4, -0.2) is 12.6 Å². The maximum atomic E-state index is 11.4. The second-order valence-corrected chi connectivity index (χ2v) is 3.27. The van der Waals surface area contributed by atoms with Gasteiger partial charge in [0.1, 0.15) is 0 Å². The highest BCUT2D eigenvalue weighted by Crippen LogP contribution is 2.16. The van der Waals surface area contributed by atoms with Crippen molar-refractivity contribution in [2.24, 2.45) is 0 Å². The van der Waals surface area contributed by atoms with Crippen LogP contribution < -0.4 is 10.6 Å². The van der Waals surface area contributed by atoms with Gasteiger partial charge in [-0.3, -0.25) is 0 Å². The van der Waals surface area contributed by atoms with Crippen LogP contribution in [0.1, 0.15) is 11.1 Å². The summed E-state index contributed by atoms with van der Waals surface area (Å²) in [6, 6.07) is 6.86. The largest absolute Gasteiger partial charge is 0.334 e. The highest BCUT2D eigenvalue weighted by atomic mass is 16.2. The van der Waals surface area contributed by atoms with Gasteiger partial charge in [0.15, 0.2) is 0 Å². The summed E-state index contributed by atoms with van der Waals surface area (Å²) in [5.74, 6) is 0. The molecule has 1 rings (SSSR count). The first kappa shape index (κ1) is 11.8. The molecule has 16 heavy (non-hydrogen) atoms. The zero-order valence-corrected chi connectivity index (χ0v) is 9.08. The number of nitriles is 1. The third kappa shape index (κ3) is 3.14. The lowest BCUT2D eigenvalue weighted by molar-refractivity contribution is 0.253. The summed E-state index contributed by atoms with van der Waals surface area (Å²) >= 11 is 0. The molecule has 0 saturated heterocycles. The van der Waals surface area contributed by atoms with Gasteiger partial charge < -0.3 is 10.6 Å². The molecular weight excluding hydrogens is 202 g/mol. The molecule has 0 unspecified atom stereocenters. The van der Waals surface area contributed by atoms with E-state index < -0.39 is 0 Å². The first-order chi connectivity index (χ1) is 7.67. The minimum atomic E-state index is -0.307. The zero-order valence-electron chi connectivity index (χ0n) is 9.08. The molecule has 1 aromatic rings. The molecule has 0 aliphatic rings. The molecule has 2 amide bonds. The van der Waals surface area contributed by atoms with Crippen LogP contribution in [0.5, 0.6) is 0 Å². The summed E-state index contributed by atoms with van der Waals surface area (Å²) < 4.78 is 0. The van der Waals surface area contributed by atoms with E-state index in [1.54, 1.807) is 24.3 Å². The van der Waals surface area contributed by atoms with Crippen LogP contribution in [0.15, 0.2) is 30.9 Å². The highest BCUT2D eigenvalue weighted by molar-refractivity contribution is 5.90. The van der Waals surface area contributed by atoms with Crippen LogP contribution >= 0.6 is 0 Å². The number of rotatable bonds is 3. The average Bonchev–Trinajstić information content (AvgIpc) is 2.29. The number of carbonyl (C=O) groups is 1. The van der Waals surface area contributed by atoms with E-state index in [1.165, 1.54) is 0 Å². The molecule has 0 fully saturated rings. The second-order valence-electron chi connectivity index (χ2n) is 3.27. The third-order valence-corrected chi connectivity index (χ3v) is 2.02. The van der Waals surface area contributed by atoms with Crippen LogP contribution in [-0.2, 0) is 0 Å². The lowest BCUT2D eigenvalue weighted by Crippen LogP contribution is -2.28. The minimum Gasteiger partial charge on any atom is -0.334 e. The summed E-state index contributed by atoms with van der Waals surface area (Å²) in [5, 5.41) is 14.0. The Balaban J connectivity index is 2.76. The van der Waals surface area contributed by atoms with Gasteiger partial charge in [-0.25, -0.2) is 4.79 Å². The van der Waals surface area contributed by atoms with E-state index in [0.29, 0.717) is 17.8 Å². The number of carbonyl (C=O) groups excluding carboxylic acids is 1. The molecule has 0 bridgehead atoms. The van der Waals surface area contributed by atoms with Crippen LogP contribution in [0, 0.1) is 18.3 Å². The molecule has 0 atom stereocenters. The molecule has 82 valence electrons. The molecule has 0 spiro atoms. The number of aryl methyl sites for hydroxylation is 1. The van der Waals surface area contributed by atoms with E-state index in [9.17, 15) is 4.79 Å². The van der Waals surface area contributed by atoms with Crippen molar-refractivity contribution >= 4 is 11.7 Å². The summed E-state index contributed by atoms with van der Waals surface area (Å²) in [4.78, 5) is 11.4. The molecule has 0 heterocycles. The van der Waals surface area contributed by atoms with Gasteiger partial charge in [-0.15, -0.1) is 6.58 Å². The first-order valence-electron chi connectivity index (χ1n) is 4.84. The molecule has 4 heteroatoms. The Kier molecular flexibility index (Phi) is 4.10. The van der Waals surface area contributed by atoms with Crippen molar-refractivity contribution in [3.63, 3.8) is 0 Å². The average molecular weight is 215 g/mol. The zero-order chi connectivity index (χ0) is 12.0.